The maximum atomic E-state index is 13.5. The van der Waals surface area contributed by atoms with Gasteiger partial charge in [0.15, 0.2) is 12.4 Å². The van der Waals surface area contributed by atoms with Gasteiger partial charge in [0.2, 0.25) is 5.91 Å². The number of nitrogens with two attached hydrogens (primary N) is 1. The zero-order valence-corrected chi connectivity index (χ0v) is 26.4. The van der Waals surface area contributed by atoms with Crippen LogP contribution in [0.2, 0.25) is 0 Å². The van der Waals surface area contributed by atoms with Crippen LogP contribution >= 0.6 is 0 Å². The Bertz CT molecular complexity index is 1570. The number of hydrogen-bond donors (Lipinski definition) is 1. The van der Waals surface area contributed by atoms with E-state index in [0.29, 0.717) is 62.7 Å². The van der Waals surface area contributed by atoms with Gasteiger partial charge in [0.05, 0.1) is 30.3 Å². The first kappa shape index (κ1) is 32.7. The molecule has 2 aromatic carbocycles. The summed E-state index contributed by atoms with van der Waals surface area (Å²) in [7, 11) is 3.61. The molecule has 0 radical (unpaired) electrons. The van der Waals surface area contributed by atoms with Crippen LogP contribution in [0.1, 0.15) is 38.6 Å². The number of likely N-dealkylation sites (N-methyl/N-ethyl adjacent to an activating group) is 1. The molecule has 0 fully saturated rings. The Labute approximate surface area is 258 Å². The predicted octanol–water partition coefficient (Wildman–Crippen LogP) is 4.06. The summed E-state index contributed by atoms with van der Waals surface area (Å²) in [4.78, 5) is 38.7. The number of aromatic nitrogens is 3. The number of aryl methyl sites for hydroxylation is 1. The number of hydrogen-bond acceptors (Lipinski definition) is 9. The van der Waals surface area contributed by atoms with Gasteiger partial charge in [0.1, 0.15) is 17.1 Å². The van der Waals surface area contributed by atoms with Crippen molar-refractivity contribution in [3.05, 3.63) is 59.9 Å². The number of methoxy groups -OCH3 is 1. The van der Waals surface area contributed by atoms with E-state index in [1.165, 1.54) is 0 Å². The molecular weight excluding hydrogens is 560 g/mol. The van der Waals surface area contributed by atoms with Crippen LogP contribution in [0.15, 0.2) is 48.5 Å². The summed E-state index contributed by atoms with van der Waals surface area (Å²) in [6, 6.07) is 15.4. The first-order valence-electron chi connectivity index (χ1n) is 15.1. The topological polar surface area (TPSA) is 125 Å². The van der Waals surface area contributed by atoms with E-state index in [1.54, 1.807) is 27.0 Å². The summed E-state index contributed by atoms with van der Waals surface area (Å²) < 4.78 is 18.4. The highest BCUT2D eigenvalue weighted by Crippen LogP contribution is 2.29. The Morgan fingerprint density at radius 2 is 1.89 bits per heavy atom. The van der Waals surface area contributed by atoms with Crippen molar-refractivity contribution in [2.75, 3.05) is 52.7 Å². The second-order valence-electron chi connectivity index (χ2n) is 11.1. The summed E-state index contributed by atoms with van der Waals surface area (Å²) in [6.07, 6.45) is 1.11. The van der Waals surface area contributed by atoms with Crippen LogP contribution in [0, 0.1) is 0 Å². The number of benzene rings is 2. The molecule has 4 rings (SSSR count). The van der Waals surface area contributed by atoms with E-state index in [9.17, 15) is 9.59 Å². The molecule has 0 saturated heterocycles. The zero-order chi connectivity index (χ0) is 31.6. The second kappa shape index (κ2) is 15.5. The number of anilines is 1. The number of imidazole rings is 1. The Balaban J connectivity index is 1.55. The highest BCUT2D eigenvalue weighted by Gasteiger charge is 2.20. The van der Waals surface area contributed by atoms with Gasteiger partial charge in [0, 0.05) is 38.6 Å². The average Bonchev–Trinajstić information content (AvgIpc) is 3.37. The summed E-state index contributed by atoms with van der Waals surface area (Å²) in [6.45, 7) is 8.62. The first-order valence-corrected chi connectivity index (χ1v) is 15.1. The van der Waals surface area contributed by atoms with Crippen LogP contribution in [0.3, 0.4) is 0 Å². The van der Waals surface area contributed by atoms with E-state index >= 15 is 0 Å². The molecule has 4 aromatic rings. The molecule has 2 N–H and O–H groups in total. The lowest BCUT2D eigenvalue weighted by molar-refractivity contribution is -0.149. The molecule has 2 aromatic heterocycles. The van der Waals surface area contributed by atoms with Gasteiger partial charge in [-0.25, -0.2) is 14.8 Å². The van der Waals surface area contributed by atoms with Crippen molar-refractivity contribution < 1.29 is 23.8 Å². The molecule has 0 unspecified atom stereocenters. The minimum atomic E-state index is -0.424. The van der Waals surface area contributed by atoms with Gasteiger partial charge in [-0.1, -0.05) is 37.3 Å². The lowest BCUT2D eigenvalue weighted by Crippen LogP contribution is -2.39. The number of rotatable bonds is 16. The lowest BCUT2D eigenvalue weighted by atomic mass is 10.1. The molecule has 44 heavy (non-hydrogen) atoms. The van der Waals surface area contributed by atoms with Crippen molar-refractivity contribution in [3.8, 4) is 5.75 Å². The van der Waals surface area contributed by atoms with Crippen LogP contribution in [0.25, 0.3) is 21.9 Å². The van der Waals surface area contributed by atoms with Crippen molar-refractivity contribution >= 4 is 39.6 Å². The van der Waals surface area contributed by atoms with Crippen LogP contribution in [-0.2, 0) is 38.6 Å². The van der Waals surface area contributed by atoms with E-state index in [4.69, 9.17) is 24.9 Å². The van der Waals surface area contributed by atoms with E-state index < -0.39 is 5.97 Å². The Morgan fingerprint density at radius 1 is 1.09 bits per heavy atom. The number of pyridine rings is 1. The molecule has 0 atom stereocenters. The number of nitrogen functional groups attached to an aromatic ring is 1. The molecule has 11 nitrogen and oxygen atoms in total. The number of para-hydroxylation sites is 1. The molecule has 0 aliphatic heterocycles. The van der Waals surface area contributed by atoms with Gasteiger partial charge >= 0.3 is 5.97 Å². The zero-order valence-electron chi connectivity index (χ0n) is 26.4. The Hall–Kier alpha value is -4.22. The van der Waals surface area contributed by atoms with Gasteiger partial charge in [-0.15, -0.1) is 0 Å². The van der Waals surface area contributed by atoms with Gasteiger partial charge in [-0.3, -0.25) is 9.69 Å². The molecule has 0 bridgehead atoms. The quantitative estimate of drug-likeness (QED) is 0.189. The number of nitrogens with zero attached hydrogens (tertiary/aromatic N) is 5. The fourth-order valence-electron chi connectivity index (χ4n) is 5.08. The lowest BCUT2D eigenvalue weighted by Gasteiger charge is -2.26. The smallest absolute Gasteiger partial charge is 0.344 e. The van der Waals surface area contributed by atoms with Crippen LogP contribution in [0.5, 0.6) is 5.75 Å². The fraction of sp³-hybridized carbons (Fsp3) is 0.455. The summed E-state index contributed by atoms with van der Waals surface area (Å²) in [5, 5.41) is 0.986. The van der Waals surface area contributed by atoms with Crippen molar-refractivity contribution in [2.24, 2.45) is 0 Å². The third-order valence-corrected chi connectivity index (χ3v) is 7.32. The largest absolute Gasteiger partial charge is 0.482 e. The minimum Gasteiger partial charge on any atom is -0.482 e. The number of fused-ring (bicyclic) bond motifs is 3. The number of amides is 1. The van der Waals surface area contributed by atoms with Crippen molar-refractivity contribution in [3.63, 3.8) is 0 Å². The molecule has 0 aliphatic rings. The van der Waals surface area contributed by atoms with Gasteiger partial charge in [-0.2, -0.15) is 0 Å². The molecule has 0 spiro atoms. The van der Waals surface area contributed by atoms with Crippen molar-refractivity contribution in [1.29, 1.82) is 0 Å². The Kier molecular flexibility index (Phi) is 11.5. The maximum Gasteiger partial charge on any atom is 0.344 e. The summed E-state index contributed by atoms with van der Waals surface area (Å²) >= 11 is 0. The maximum absolute atomic E-state index is 13.5. The summed E-state index contributed by atoms with van der Waals surface area (Å²) in [5.74, 6) is 1.43. The number of ether oxygens (including phenoxy) is 3. The molecule has 11 heteroatoms. The van der Waals surface area contributed by atoms with Gasteiger partial charge in [-0.05, 0) is 57.6 Å². The van der Waals surface area contributed by atoms with E-state index in [0.717, 1.165) is 34.4 Å². The molecule has 1 amide bonds. The standard InChI is InChI=1S/C33H44N6O5/c1-6-37(4)21-29(40)38(20-24-11-9-12-25(19-24)43-22-30(41)44-23(2)3)16-10-17-39-28(15-18-42-5)36-31-32(39)26-13-7-8-14-27(26)35-33(31)34/h7-9,11-14,19,23H,6,10,15-18,20-22H2,1-5H3,(H2,34,35). The average molecular weight is 605 g/mol. The van der Waals surface area contributed by atoms with E-state index in [1.807, 2.05) is 66.2 Å². The summed E-state index contributed by atoms with van der Waals surface area (Å²) in [5.41, 5.74) is 9.71. The minimum absolute atomic E-state index is 0.0372. The number of carbonyl (C=O) groups excluding carboxylic acids is 2. The SMILES string of the molecule is CCN(C)CC(=O)N(CCCn1c(CCOC)nc2c(N)nc3ccccc3c21)Cc1cccc(OCC(=O)OC(C)C)c1. The van der Waals surface area contributed by atoms with Crippen molar-refractivity contribution in [2.45, 2.75) is 52.8 Å². The van der Waals surface area contributed by atoms with Crippen LogP contribution in [-0.4, -0.2) is 89.3 Å². The third-order valence-electron chi connectivity index (χ3n) is 7.32. The molecule has 0 aliphatic carbocycles. The van der Waals surface area contributed by atoms with Crippen LogP contribution in [0.4, 0.5) is 5.82 Å². The van der Waals surface area contributed by atoms with E-state index in [2.05, 4.69) is 9.55 Å². The van der Waals surface area contributed by atoms with Crippen molar-refractivity contribution in [1.82, 2.24) is 24.3 Å². The predicted molar refractivity (Wildman–Crippen MR) is 171 cm³/mol. The molecular formula is C33H44N6O5. The Morgan fingerprint density at radius 3 is 2.64 bits per heavy atom. The van der Waals surface area contributed by atoms with Gasteiger partial charge in [0.25, 0.3) is 0 Å². The number of carbonyl (C=O) groups is 2. The second-order valence-corrected chi connectivity index (χ2v) is 11.1. The molecule has 2 heterocycles. The van der Waals surface area contributed by atoms with Crippen LogP contribution < -0.4 is 10.5 Å². The molecule has 236 valence electrons. The fourth-order valence-corrected chi connectivity index (χ4v) is 5.08. The highest BCUT2D eigenvalue weighted by molar-refractivity contribution is 6.06. The third kappa shape index (κ3) is 8.45. The molecule has 0 saturated carbocycles. The van der Waals surface area contributed by atoms with E-state index in [-0.39, 0.29) is 18.6 Å². The normalized spacial score (nSPS) is 11.5. The first-order chi connectivity index (χ1) is 21.2. The number of esters is 1. The van der Waals surface area contributed by atoms with Gasteiger partial charge < -0.3 is 29.4 Å². The monoisotopic (exact) mass is 604 g/mol. The highest BCUT2D eigenvalue weighted by atomic mass is 16.6.